The molecule has 96 valence electrons. The Labute approximate surface area is 95.9 Å². The summed E-state index contributed by atoms with van der Waals surface area (Å²) < 4.78 is 61.8. The predicted molar refractivity (Wildman–Crippen MR) is 52.5 cm³/mol. The first kappa shape index (κ1) is 15.4. The standard InChI is InChI=1S/C6H6O9S2/c1-3(16(9,10)11)5(7)15-6(8)4(2)17(12,13)14/h1-2H2,(H,9,10,11)(H,12,13,14). The Hall–Kier alpha value is -1.56. The van der Waals surface area contributed by atoms with Crippen molar-refractivity contribution in [1.82, 2.24) is 0 Å². The molecule has 2 N–H and O–H groups in total. The highest BCUT2D eigenvalue weighted by atomic mass is 32.2. The highest BCUT2D eigenvalue weighted by molar-refractivity contribution is 7.91. The maximum absolute atomic E-state index is 10.8. The number of esters is 2. The number of carbonyl (C=O) groups excluding carboxylic acids is 2. The first-order chi connectivity index (χ1) is 7.37. The van der Waals surface area contributed by atoms with Gasteiger partial charge in [0.2, 0.25) is 0 Å². The molecule has 0 aromatic heterocycles. The van der Waals surface area contributed by atoms with Gasteiger partial charge in [-0.15, -0.1) is 0 Å². The molecule has 0 unspecified atom stereocenters. The minimum Gasteiger partial charge on any atom is -0.385 e. The molecule has 0 atom stereocenters. The van der Waals surface area contributed by atoms with Gasteiger partial charge in [-0.1, -0.05) is 13.2 Å². The van der Waals surface area contributed by atoms with E-state index in [1.165, 1.54) is 0 Å². The van der Waals surface area contributed by atoms with Crippen molar-refractivity contribution in [3.8, 4) is 0 Å². The number of hydrogen-bond donors (Lipinski definition) is 2. The van der Waals surface area contributed by atoms with Crippen LogP contribution in [0.5, 0.6) is 0 Å². The molecule has 0 aliphatic heterocycles. The van der Waals surface area contributed by atoms with Gasteiger partial charge in [-0.05, 0) is 0 Å². The Morgan fingerprint density at radius 3 is 1.24 bits per heavy atom. The van der Waals surface area contributed by atoms with Crippen LogP contribution in [0.4, 0.5) is 0 Å². The first-order valence-electron chi connectivity index (χ1n) is 3.46. The monoisotopic (exact) mass is 286 g/mol. The summed E-state index contributed by atoms with van der Waals surface area (Å²) in [5, 5.41) is 0. The van der Waals surface area contributed by atoms with Crippen molar-refractivity contribution in [1.29, 1.82) is 0 Å². The molecule has 0 fully saturated rings. The average molecular weight is 286 g/mol. The van der Waals surface area contributed by atoms with Crippen LogP contribution in [0.3, 0.4) is 0 Å². The minimum atomic E-state index is -4.97. The van der Waals surface area contributed by atoms with Gasteiger partial charge in [0.15, 0.2) is 9.81 Å². The normalized spacial score (nSPS) is 11.6. The van der Waals surface area contributed by atoms with Crippen molar-refractivity contribution in [2.75, 3.05) is 0 Å². The third-order valence-electron chi connectivity index (χ3n) is 1.26. The van der Waals surface area contributed by atoms with Crippen LogP contribution < -0.4 is 0 Å². The van der Waals surface area contributed by atoms with Gasteiger partial charge in [0, 0.05) is 0 Å². The van der Waals surface area contributed by atoms with Crippen LogP contribution in [0.25, 0.3) is 0 Å². The van der Waals surface area contributed by atoms with E-state index in [2.05, 4.69) is 17.9 Å². The van der Waals surface area contributed by atoms with Gasteiger partial charge in [0.1, 0.15) is 0 Å². The van der Waals surface area contributed by atoms with Crippen LogP contribution in [0.2, 0.25) is 0 Å². The summed E-state index contributed by atoms with van der Waals surface area (Å²) in [6.45, 7) is 5.19. The van der Waals surface area contributed by atoms with Gasteiger partial charge >= 0.3 is 32.2 Å². The molecular weight excluding hydrogens is 280 g/mol. The third kappa shape index (κ3) is 4.44. The molecule has 0 aliphatic carbocycles. The van der Waals surface area contributed by atoms with E-state index >= 15 is 0 Å². The van der Waals surface area contributed by atoms with Crippen molar-refractivity contribution in [2.45, 2.75) is 0 Å². The lowest BCUT2D eigenvalue weighted by Crippen LogP contribution is -2.22. The van der Waals surface area contributed by atoms with Crippen LogP contribution >= 0.6 is 0 Å². The number of hydrogen-bond acceptors (Lipinski definition) is 7. The Bertz CT molecular complexity index is 537. The van der Waals surface area contributed by atoms with E-state index < -0.39 is 42.0 Å². The zero-order chi connectivity index (χ0) is 14.0. The summed E-state index contributed by atoms with van der Waals surface area (Å²) in [5.41, 5.74) is 0. The second-order valence-electron chi connectivity index (χ2n) is 2.47. The van der Waals surface area contributed by atoms with E-state index in [0.29, 0.717) is 0 Å². The zero-order valence-corrected chi connectivity index (χ0v) is 9.62. The maximum Gasteiger partial charge on any atom is 0.359 e. The summed E-state index contributed by atoms with van der Waals surface area (Å²) in [6, 6.07) is 0. The molecule has 0 rings (SSSR count). The number of carbonyl (C=O) groups is 2. The summed E-state index contributed by atoms with van der Waals surface area (Å²) in [4.78, 5) is 18.7. The van der Waals surface area contributed by atoms with Crippen molar-refractivity contribution in [3.63, 3.8) is 0 Å². The average Bonchev–Trinajstić information content (AvgIpc) is 2.12. The molecule has 11 heteroatoms. The van der Waals surface area contributed by atoms with Crippen molar-refractivity contribution >= 4 is 32.2 Å². The quantitative estimate of drug-likeness (QED) is 0.282. The SMILES string of the molecule is C=C(C(=O)OC(=O)C(=C)S(=O)(=O)O)S(=O)(=O)O. The second-order valence-corrected chi connectivity index (χ2v) is 5.36. The van der Waals surface area contributed by atoms with Gasteiger partial charge in [0.05, 0.1) is 0 Å². The van der Waals surface area contributed by atoms with Gasteiger partial charge in [-0.2, -0.15) is 16.8 Å². The molecule has 0 aliphatic rings. The number of rotatable bonds is 4. The van der Waals surface area contributed by atoms with E-state index in [-0.39, 0.29) is 0 Å². The smallest absolute Gasteiger partial charge is 0.359 e. The fourth-order valence-corrected chi connectivity index (χ4v) is 0.913. The fourth-order valence-electron chi connectivity index (χ4n) is 0.409. The van der Waals surface area contributed by atoms with Crippen LogP contribution in [0.1, 0.15) is 0 Å². The van der Waals surface area contributed by atoms with Gasteiger partial charge in [0.25, 0.3) is 0 Å². The van der Waals surface area contributed by atoms with Crippen LogP contribution in [-0.2, 0) is 34.6 Å². The van der Waals surface area contributed by atoms with E-state index in [1.807, 2.05) is 0 Å². The van der Waals surface area contributed by atoms with Crippen molar-refractivity contribution in [2.24, 2.45) is 0 Å². The molecule has 17 heavy (non-hydrogen) atoms. The molecule has 0 heterocycles. The lowest BCUT2D eigenvalue weighted by Gasteiger charge is -2.03. The Kier molecular flexibility index (Phi) is 4.31. The van der Waals surface area contributed by atoms with E-state index in [4.69, 9.17) is 9.11 Å². The van der Waals surface area contributed by atoms with Gasteiger partial charge in [-0.3, -0.25) is 9.11 Å². The third-order valence-corrected chi connectivity index (χ3v) is 2.84. The van der Waals surface area contributed by atoms with E-state index in [1.54, 1.807) is 0 Å². The Morgan fingerprint density at radius 1 is 0.824 bits per heavy atom. The summed E-state index contributed by atoms with van der Waals surface area (Å²) in [7, 11) is -9.94. The largest absolute Gasteiger partial charge is 0.385 e. The summed E-state index contributed by atoms with van der Waals surface area (Å²) >= 11 is 0. The highest BCUT2D eigenvalue weighted by Crippen LogP contribution is 2.08. The molecule has 0 saturated heterocycles. The molecule has 0 amide bonds. The Morgan fingerprint density at radius 2 is 1.06 bits per heavy atom. The van der Waals surface area contributed by atoms with Gasteiger partial charge in [-0.25, -0.2) is 9.59 Å². The zero-order valence-electron chi connectivity index (χ0n) is 7.98. The topological polar surface area (TPSA) is 152 Å². The van der Waals surface area contributed by atoms with E-state index in [9.17, 15) is 26.4 Å². The Balaban J connectivity index is 4.93. The molecular formula is C6H6O9S2. The lowest BCUT2D eigenvalue weighted by molar-refractivity contribution is -0.153. The van der Waals surface area contributed by atoms with Crippen molar-refractivity contribution in [3.05, 3.63) is 23.0 Å². The minimum absolute atomic E-state index is 1.48. The second kappa shape index (κ2) is 4.75. The lowest BCUT2D eigenvalue weighted by atomic mass is 10.6. The van der Waals surface area contributed by atoms with Crippen LogP contribution in [0, 0.1) is 0 Å². The number of ether oxygens (including phenoxy) is 1. The molecule has 0 spiro atoms. The highest BCUT2D eigenvalue weighted by Gasteiger charge is 2.28. The summed E-state index contributed by atoms with van der Waals surface area (Å²) in [5.74, 6) is -3.80. The summed E-state index contributed by atoms with van der Waals surface area (Å²) in [6.07, 6.45) is 0. The molecule has 0 aromatic carbocycles. The van der Waals surface area contributed by atoms with E-state index in [0.717, 1.165) is 0 Å². The molecule has 0 saturated carbocycles. The predicted octanol–water partition coefficient (Wildman–Crippen LogP) is -1.14. The van der Waals surface area contributed by atoms with Gasteiger partial charge < -0.3 is 4.74 Å². The maximum atomic E-state index is 10.8. The van der Waals surface area contributed by atoms with Crippen LogP contribution in [-0.4, -0.2) is 37.9 Å². The van der Waals surface area contributed by atoms with Crippen LogP contribution in [0.15, 0.2) is 23.0 Å². The molecule has 0 radical (unpaired) electrons. The molecule has 9 nitrogen and oxygen atoms in total. The molecule has 0 aromatic rings. The first-order valence-corrected chi connectivity index (χ1v) is 6.34. The fraction of sp³-hybridized carbons (Fsp3) is 0. The van der Waals surface area contributed by atoms with Crippen molar-refractivity contribution < 1.29 is 40.3 Å². The molecule has 0 bridgehead atoms.